The fraction of sp³-hybridized carbons (Fsp3) is 0.391. The molecule has 0 saturated heterocycles. The molecule has 166 valence electrons. The molecule has 0 unspecified atom stereocenters. The number of rotatable bonds is 9. The molecule has 5 nitrogen and oxygen atoms in total. The Morgan fingerprint density at radius 3 is 2.52 bits per heavy atom. The number of carbonyl (C=O) groups excluding carboxylic acids is 1. The van der Waals surface area contributed by atoms with Gasteiger partial charge in [-0.1, -0.05) is 54.5 Å². The molecule has 1 amide bonds. The van der Waals surface area contributed by atoms with Gasteiger partial charge in [0.25, 0.3) is 5.91 Å². The first-order valence-corrected chi connectivity index (χ1v) is 11.9. The van der Waals surface area contributed by atoms with Gasteiger partial charge < -0.3 is 9.64 Å². The number of thiazole rings is 1. The average molecular weight is 480 g/mol. The maximum absolute atomic E-state index is 13.2. The van der Waals surface area contributed by atoms with Crippen LogP contribution < -0.4 is 9.64 Å². The Morgan fingerprint density at radius 2 is 1.84 bits per heavy atom. The van der Waals surface area contributed by atoms with E-state index in [2.05, 4.69) is 44.7 Å². The second kappa shape index (κ2) is 10.6. The number of likely N-dealkylation sites (N-methyl/N-ethyl adjacent to an activating group) is 1. The van der Waals surface area contributed by atoms with E-state index in [-0.39, 0.29) is 12.5 Å². The third kappa shape index (κ3) is 5.69. The number of carbonyl (C=O) groups is 1. The summed E-state index contributed by atoms with van der Waals surface area (Å²) in [6.07, 6.45) is 0. The molecule has 0 radical (unpaired) electrons. The lowest BCUT2D eigenvalue weighted by Gasteiger charge is -2.24. The number of aromatic nitrogens is 1. The Hall–Kier alpha value is -1.86. The van der Waals surface area contributed by atoms with E-state index in [0.717, 1.165) is 35.4 Å². The summed E-state index contributed by atoms with van der Waals surface area (Å²) in [7, 11) is 0. The van der Waals surface area contributed by atoms with Crippen molar-refractivity contribution in [1.29, 1.82) is 0 Å². The number of fused-ring (bicyclic) bond motifs is 1. The molecular weight excluding hydrogens is 453 g/mol. The number of hydrogen-bond acceptors (Lipinski definition) is 5. The molecule has 3 rings (SSSR count). The number of halogens is 2. The van der Waals surface area contributed by atoms with Crippen molar-refractivity contribution in [1.82, 2.24) is 9.88 Å². The molecule has 1 heterocycles. The summed E-state index contributed by atoms with van der Waals surface area (Å²) in [5, 5.41) is 1.58. The van der Waals surface area contributed by atoms with Crippen LogP contribution in [0.5, 0.6) is 5.75 Å². The van der Waals surface area contributed by atoms with Gasteiger partial charge >= 0.3 is 0 Å². The van der Waals surface area contributed by atoms with Crippen molar-refractivity contribution in [3.05, 3.63) is 51.5 Å². The van der Waals surface area contributed by atoms with Crippen molar-refractivity contribution in [2.24, 2.45) is 0 Å². The van der Waals surface area contributed by atoms with Crippen LogP contribution in [0.4, 0.5) is 5.13 Å². The van der Waals surface area contributed by atoms with E-state index in [1.54, 1.807) is 23.1 Å². The standard InChI is InChI=1S/C23H27Cl2N3O2S/c1-5-27(6-2)11-12-28(21(29)14-30-19-9-8-17(24)13-18(19)25)23-26-22-16(4)15(3)7-10-20(22)31-23/h7-10,13H,5-6,11-12,14H2,1-4H3. The summed E-state index contributed by atoms with van der Waals surface area (Å²) >= 11 is 13.7. The molecule has 0 fully saturated rings. The highest BCUT2D eigenvalue weighted by atomic mass is 35.5. The van der Waals surface area contributed by atoms with Gasteiger partial charge in [0.05, 0.1) is 15.2 Å². The van der Waals surface area contributed by atoms with Gasteiger partial charge in [0.1, 0.15) is 5.75 Å². The molecule has 0 aliphatic heterocycles. The highest BCUT2D eigenvalue weighted by molar-refractivity contribution is 7.22. The van der Waals surface area contributed by atoms with E-state index in [0.29, 0.717) is 27.5 Å². The molecular formula is C23H27Cl2N3O2S. The molecule has 3 aromatic rings. The highest BCUT2D eigenvalue weighted by Crippen LogP contribution is 2.32. The van der Waals surface area contributed by atoms with Crippen LogP contribution in [0.15, 0.2) is 30.3 Å². The fourth-order valence-corrected chi connectivity index (χ4v) is 4.78. The first-order chi connectivity index (χ1) is 14.8. The zero-order chi connectivity index (χ0) is 22.5. The molecule has 0 atom stereocenters. The van der Waals surface area contributed by atoms with Crippen LogP contribution in [0.1, 0.15) is 25.0 Å². The number of amides is 1. The van der Waals surface area contributed by atoms with E-state index in [1.165, 1.54) is 16.9 Å². The quantitative estimate of drug-likeness (QED) is 0.378. The number of hydrogen-bond donors (Lipinski definition) is 0. The lowest BCUT2D eigenvalue weighted by atomic mass is 10.1. The van der Waals surface area contributed by atoms with E-state index in [4.69, 9.17) is 32.9 Å². The number of ether oxygens (including phenoxy) is 1. The summed E-state index contributed by atoms with van der Waals surface area (Å²) in [4.78, 5) is 22.0. The van der Waals surface area contributed by atoms with E-state index in [1.807, 2.05) is 0 Å². The topological polar surface area (TPSA) is 45.7 Å². The second-order valence-corrected chi connectivity index (χ2v) is 9.14. The third-order valence-electron chi connectivity index (χ3n) is 5.38. The van der Waals surface area contributed by atoms with Crippen LogP contribution in [-0.2, 0) is 4.79 Å². The minimum atomic E-state index is -0.161. The van der Waals surface area contributed by atoms with Gasteiger partial charge in [-0.2, -0.15) is 0 Å². The van der Waals surface area contributed by atoms with Gasteiger partial charge in [-0.3, -0.25) is 9.69 Å². The monoisotopic (exact) mass is 479 g/mol. The first-order valence-electron chi connectivity index (χ1n) is 10.3. The minimum Gasteiger partial charge on any atom is -0.482 e. The van der Waals surface area contributed by atoms with Crippen LogP contribution in [-0.4, -0.2) is 48.6 Å². The zero-order valence-electron chi connectivity index (χ0n) is 18.2. The van der Waals surface area contributed by atoms with Crippen molar-refractivity contribution in [3.8, 4) is 5.75 Å². The van der Waals surface area contributed by atoms with Crippen molar-refractivity contribution in [2.45, 2.75) is 27.7 Å². The van der Waals surface area contributed by atoms with Crippen molar-refractivity contribution in [3.63, 3.8) is 0 Å². The van der Waals surface area contributed by atoms with E-state index >= 15 is 0 Å². The third-order valence-corrected chi connectivity index (χ3v) is 6.96. The predicted octanol–water partition coefficient (Wildman–Crippen LogP) is 5.97. The summed E-state index contributed by atoms with van der Waals surface area (Å²) < 4.78 is 6.78. The van der Waals surface area contributed by atoms with E-state index in [9.17, 15) is 4.79 Å². The van der Waals surface area contributed by atoms with Gasteiger partial charge in [-0.25, -0.2) is 4.98 Å². The minimum absolute atomic E-state index is 0.131. The van der Waals surface area contributed by atoms with Gasteiger partial charge in [-0.15, -0.1) is 0 Å². The van der Waals surface area contributed by atoms with E-state index < -0.39 is 0 Å². The van der Waals surface area contributed by atoms with Crippen molar-refractivity contribution in [2.75, 3.05) is 37.7 Å². The Morgan fingerprint density at radius 1 is 1.10 bits per heavy atom. The molecule has 0 aliphatic rings. The Bertz CT molecular complexity index is 1070. The molecule has 1 aromatic heterocycles. The predicted molar refractivity (Wildman–Crippen MR) is 131 cm³/mol. The maximum atomic E-state index is 13.2. The van der Waals surface area contributed by atoms with Gasteiger partial charge in [-0.05, 0) is 62.3 Å². The SMILES string of the molecule is CCN(CC)CCN(C(=O)COc1ccc(Cl)cc1Cl)c1nc2c(C)c(C)ccc2s1. The molecule has 8 heteroatoms. The van der Waals surface area contributed by atoms with Gasteiger partial charge in [0, 0.05) is 18.1 Å². The molecule has 0 aliphatic carbocycles. The lowest BCUT2D eigenvalue weighted by molar-refractivity contribution is -0.120. The lowest BCUT2D eigenvalue weighted by Crippen LogP contribution is -2.41. The molecule has 0 N–H and O–H groups in total. The number of anilines is 1. The summed E-state index contributed by atoms with van der Waals surface area (Å²) in [6.45, 7) is 11.4. The summed E-state index contributed by atoms with van der Waals surface area (Å²) in [5.41, 5.74) is 3.27. The molecule has 0 spiro atoms. The average Bonchev–Trinajstić information content (AvgIpc) is 3.18. The van der Waals surface area contributed by atoms with Crippen LogP contribution in [0, 0.1) is 13.8 Å². The largest absolute Gasteiger partial charge is 0.482 e. The number of aryl methyl sites for hydroxylation is 2. The van der Waals surface area contributed by atoms with Gasteiger partial charge in [0.15, 0.2) is 11.7 Å². The normalized spacial score (nSPS) is 11.3. The second-order valence-electron chi connectivity index (χ2n) is 7.29. The smallest absolute Gasteiger partial charge is 0.266 e. The van der Waals surface area contributed by atoms with Crippen molar-refractivity contribution < 1.29 is 9.53 Å². The molecule has 0 bridgehead atoms. The maximum Gasteiger partial charge on any atom is 0.266 e. The van der Waals surface area contributed by atoms with Crippen molar-refractivity contribution >= 4 is 55.8 Å². The van der Waals surface area contributed by atoms with Crippen LogP contribution in [0.25, 0.3) is 10.2 Å². The Labute approximate surface area is 197 Å². The Balaban J connectivity index is 1.84. The molecule has 31 heavy (non-hydrogen) atoms. The first kappa shape index (κ1) is 23.8. The highest BCUT2D eigenvalue weighted by Gasteiger charge is 2.22. The van der Waals surface area contributed by atoms with Crippen LogP contribution >= 0.6 is 34.5 Å². The van der Waals surface area contributed by atoms with Gasteiger partial charge in [0.2, 0.25) is 0 Å². The number of benzene rings is 2. The zero-order valence-corrected chi connectivity index (χ0v) is 20.6. The van der Waals surface area contributed by atoms with Crippen LogP contribution in [0.2, 0.25) is 10.0 Å². The molecule has 2 aromatic carbocycles. The molecule has 0 saturated carbocycles. The van der Waals surface area contributed by atoms with Crippen LogP contribution in [0.3, 0.4) is 0 Å². The summed E-state index contributed by atoms with van der Waals surface area (Å²) in [5.74, 6) is 0.269. The Kier molecular flexibility index (Phi) is 8.17. The number of nitrogens with zero attached hydrogens (tertiary/aromatic N) is 3. The fourth-order valence-electron chi connectivity index (χ4n) is 3.25. The summed E-state index contributed by atoms with van der Waals surface area (Å²) in [6, 6.07) is 9.11.